The van der Waals surface area contributed by atoms with Crippen molar-refractivity contribution in [1.82, 2.24) is 9.88 Å². The number of carbonyl (C=O) groups is 1. The Hall–Kier alpha value is -1.98. The molecule has 2 aliphatic rings. The maximum absolute atomic E-state index is 13.3. The van der Waals surface area contributed by atoms with Crippen molar-refractivity contribution in [1.29, 1.82) is 0 Å². The lowest BCUT2D eigenvalue weighted by Gasteiger charge is -2.35. The molecule has 1 unspecified atom stereocenters. The topological polar surface area (TPSA) is 51.7 Å². The Balaban J connectivity index is 1.69. The van der Waals surface area contributed by atoms with Crippen LogP contribution in [0.15, 0.2) is 30.3 Å². The lowest BCUT2D eigenvalue weighted by Crippen LogP contribution is -2.49. The molecule has 2 aromatic rings. The zero-order chi connectivity index (χ0) is 17.2. The highest BCUT2D eigenvalue weighted by Crippen LogP contribution is 2.42. The summed E-state index contributed by atoms with van der Waals surface area (Å²) in [6.45, 7) is 2.40. The summed E-state index contributed by atoms with van der Waals surface area (Å²) in [7, 11) is 1.69. The quantitative estimate of drug-likeness (QED) is 0.840. The van der Waals surface area contributed by atoms with E-state index in [1.54, 1.807) is 7.11 Å². The molecule has 0 radical (unpaired) electrons. The van der Waals surface area contributed by atoms with Gasteiger partial charge in [0.1, 0.15) is 5.69 Å². The van der Waals surface area contributed by atoms with Gasteiger partial charge in [-0.05, 0) is 42.9 Å². The van der Waals surface area contributed by atoms with Crippen LogP contribution in [0.25, 0.3) is 10.9 Å². The second kappa shape index (κ2) is 7.10. The Labute approximate surface area is 147 Å². The maximum atomic E-state index is 13.3. The number of aromatic nitrogens is 1. The molecule has 132 valence electrons. The summed E-state index contributed by atoms with van der Waals surface area (Å²) < 4.78 is 10.8. The largest absolute Gasteiger partial charge is 0.385 e. The lowest BCUT2D eigenvalue weighted by atomic mass is 10.0. The fraction of sp³-hybridized carbons (Fsp3) is 0.500. The van der Waals surface area contributed by atoms with Gasteiger partial charge in [-0.3, -0.25) is 4.79 Å². The van der Waals surface area contributed by atoms with E-state index >= 15 is 0 Å². The predicted octanol–water partition coefficient (Wildman–Crippen LogP) is 2.99. The van der Waals surface area contributed by atoms with Gasteiger partial charge in [0.25, 0.3) is 5.91 Å². The third kappa shape index (κ3) is 3.39. The number of benzene rings is 1. The van der Waals surface area contributed by atoms with E-state index in [0.717, 1.165) is 35.7 Å². The van der Waals surface area contributed by atoms with Crippen LogP contribution in [0.3, 0.4) is 0 Å². The molecule has 25 heavy (non-hydrogen) atoms. The Bertz CT molecular complexity index is 773. The molecule has 1 aliphatic heterocycles. The van der Waals surface area contributed by atoms with Crippen LogP contribution in [-0.4, -0.2) is 55.3 Å². The number of morpholine rings is 1. The zero-order valence-corrected chi connectivity index (χ0v) is 14.6. The minimum atomic E-state index is 0.0389. The molecule has 5 heteroatoms. The number of carbonyl (C=O) groups excluding carboxylic acids is 1. The fourth-order valence-electron chi connectivity index (χ4n) is 3.56. The molecule has 1 atom stereocenters. The number of amides is 1. The molecule has 5 nitrogen and oxygen atoms in total. The summed E-state index contributed by atoms with van der Waals surface area (Å²) in [6, 6.07) is 10.3. The average molecular weight is 340 g/mol. The van der Waals surface area contributed by atoms with E-state index in [-0.39, 0.29) is 11.9 Å². The molecule has 2 heterocycles. The standard InChI is InChI=1S/C20H24N2O3/c1-24-10-8-16-13-25-11-9-22(16)20(23)19-17(14-6-7-14)12-15-4-2-3-5-18(15)21-19/h2-5,12,14,16H,6-11,13H2,1H3. The smallest absolute Gasteiger partial charge is 0.273 e. The van der Waals surface area contributed by atoms with Gasteiger partial charge in [0, 0.05) is 25.6 Å². The highest BCUT2D eigenvalue weighted by molar-refractivity contribution is 5.97. The van der Waals surface area contributed by atoms with Gasteiger partial charge < -0.3 is 14.4 Å². The molecule has 1 aromatic carbocycles. The first kappa shape index (κ1) is 16.5. The van der Waals surface area contributed by atoms with E-state index in [0.29, 0.717) is 38.0 Å². The molecule has 0 bridgehead atoms. The van der Waals surface area contributed by atoms with Crippen molar-refractivity contribution in [3.63, 3.8) is 0 Å². The van der Waals surface area contributed by atoms with Crippen LogP contribution < -0.4 is 0 Å². The van der Waals surface area contributed by atoms with Gasteiger partial charge in [-0.2, -0.15) is 0 Å². The number of nitrogens with zero attached hydrogens (tertiary/aromatic N) is 2. The van der Waals surface area contributed by atoms with E-state index in [1.165, 1.54) is 0 Å². The fourth-order valence-corrected chi connectivity index (χ4v) is 3.56. The Kier molecular flexibility index (Phi) is 4.68. The number of hydrogen-bond acceptors (Lipinski definition) is 4. The molecule has 0 N–H and O–H groups in total. The summed E-state index contributed by atoms with van der Waals surface area (Å²) in [5.74, 6) is 0.520. The van der Waals surface area contributed by atoms with E-state index in [2.05, 4.69) is 12.1 Å². The number of fused-ring (bicyclic) bond motifs is 1. The van der Waals surface area contributed by atoms with Crippen molar-refractivity contribution in [3.05, 3.63) is 41.6 Å². The minimum Gasteiger partial charge on any atom is -0.385 e. The van der Waals surface area contributed by atoms with Crippen molar-refractivity contribution in [2.45, 2.75) is 31.2 Å². The van der Waals surface area contributed by atoms with Crippen LogP contribution in [0, 0.1) is 0 Å². The van der Waals surface area contributed by atoms with Gasteiger partial charge in [-0.25, -0.2) is 4.98 Å². The number of para-hydroxylation sites is 1. The first-order chi connectivity index (χ1) is 12.3. The van der Waals surface area contributed by atoms with Crippen LogP contribution >= 0.6 is 0 Å². The molecule has 1 amide bonds. The van der Waals surface area contributed by atoms with Crippen molar-refractivity contribution in [3.8, 4) is 0 Å². The summed E-state index contributed by atoms with van der Waals surface area (Å²) in [5, 5.41) is 1.11. The number of rotatable bonds is 5. The minimum absolute atomic E-state index is 0.0389. The highest BCUT2D eigenvalue weighted by Gasteiger charge is 2.34. The SMILES string of the molecule is COCCC1COCCN1C(=O)c1nc2ccccc2cc1C1CC1. The lowest BCUT2D eigenvalue weighted by molar-refractivity contribution is -0.0107. The first-order valence-electron chi connectivity index (χ1n) is 9.05. The van der Waals surface area contributed by atoms with Gasteiger partial charge in [-0.1, -0.05) is 18.2 Å². The van der Waals surface area contributed by atoms with E-state index in [9.17, 15) is 4.79 Å². The summed E-state index contributed by atoms with van der Waals surface area (Å²) in [5.41, 5.74) is 2.63. The van der Waals surface area contributed by atoms with E-state index in [1.807, 2.05) is 23.1 Å². The van der Waals surface area contributed by atoms with Crippen LogP contribution in [-0.2, 0) is 9.47 Å². The monoisotopic (exact) mass is 340 g/mol. The van der Waals surface area contributed by atoms with Gasteiger partial charge in [0.05, 0.1) is 24.8 Å². The van der Waals surface area contributed by atoms with Gasteiger partial charge in [-0.15, -0.1) is 0 Å². The molecule has 2 fully saturated rings. The van der Waals surface area contributed by atoms with Gasteiger partial charge >= 0.3 is 0 Å². The Morgan fingerprint density at radius 3 is 3.00 bits per heavy atom. The second-order valence-corrected chi connectivity index (χ2v) is 6.90. The molecule has 1 aliphatic carbocycles. The van der Waals surface area contributed by atoms with Crippen LogP contribution in [0.4, 0.5) is 0 Å². The van der Waals surface area contributed by atoms with Crippen molar-refractivity contribution in [2.24, 2.45) is 0 Å². The summed E-state index contributed by atoms with van der Waals surface area (Å²) >= 11 is 0. The van der Waals surface area contributed by atoms with Gasteiger partial charge in [0.2, 0.25) is 0 Å². The molecule has 1 aromatic heterocycles. The number of ether oxygens (including phenoxy) is 2. The molecular formula is C20H24N2O3. The summed E-state index contributed by atoms with van der Waals surface area (Å²) in [4.78, 5) is 20.0. The predicted molar refractivity (Wildman–Crippen MR) is 95.9 cm³/mol. The van der Waals surface area contributed by atoms with Gasteiger partial charge in [0.15, 0.2) is 0 Å². The van der Waals surface area contributed by atoms with Crippen LogP contribution in [0.1, 0.15) is 41.2 Å². The molecular weight excluding hydrogens is 316 g/mol. The number of hydrogen-bond donors (Lipinski definition) is 0. The molecule has 1 saturated carbocycles. The second-order valence-electron chi connectivity index (χ2n) is 6.90. The first-order valence-corrected chi connectivity index (χ1v) is 9.05. The van der Waals surface area contributed by atoms with Crippen molar-refractivity contribution < 1.29 is 14.3 Å². The average Bonchev–Trinajstić information content (AvgIpc) is 3.50. The number of pyridine rings is 1. The number of methoxy groups -OCH3 is 1. The summed E-state index contributed by atoms with van der Waals surface area (Å²) in [6.07, 6.45) is 3.08. The van der Waals surface area contributed by atoms with E-state index in [4.69, 9.17) is 14.5 Å². The highest BCUT2D eigenvalue weighted by atomic mass is 16.5. The van der Waals surface area contributed by atoms with Crippen LogP contribution in [0.2, 0.25) is 0 Å². The maximum Gasteiger partial charge on any atom is 0.273 e. The molecule has 1 saturated heterocycles. The normalized spacial score (nSPS) is 20.8. The van der Waals surface area contributed by atoms with Crippen molar-refractivity contribution in [2.75, 3.05) is 33.5 Å². The Morgan fingerprint density at radius 2 is 2.20 bits per heavy atom. The zero-order valence-electron chi connectivity index (χ0n) is 14.6. The van der Waals surface area contributed by atoms with Crippen LogP contribution in [0.5, 0.6) is 0 Å². The molecule has 0 spiro atoms. The van der Waals surface area contributed by atoms with Crippen molar-refractivity contribution >= 4 is 16.8 Å². The van der Waals surface area contributed by atoms with E-state index < -0.39 is 0 Å². The third-order valence-electron chi connectivity index (χ3n) is 5.12. The Morgan fingerprint density at radius 1 is 1.36 bits per heavy atom. The molecule has 4 rings (SSSR count). The third-order valence-corrected chi connectivity index (χ3v) is 5.12.